The van der Waals surface area contributed by atoms with E-state index in [1.165, 1.54) is 35.1 Å². The third kappa shape index (κ3) is 1.12. The first-order valence-corrected chi connectivity index (χ1v) is 5.36. The zero-order valence-corrected chi connectivity index (χ0v) is 9.26. The van der Waals surface area contributed by atoms with Crippen molar-refractivity contribution in [3.8, 4) is 0 Å². The number of alkyl halides is 1. The Kier molecular flexibility index (Phi) is 2.11. The fourth-order valence-electron chi connectivity index (χ4n) is 2.32. The first kappa shape index (κ1) is 9.08. The minimum Gasteiger partial charge on any atom is -0.122 e. The van der Waals surface area contributed by atoms with Crippen LogP contribution in [0.2, 0.25) is 0 Å². The van der Waals surface area contributed by atoms with Gasteiger partial charge < -0.3 is 0 Å². The highest BCUT2D eigenvalue weighted by atomic mass is 35.5. The van der Waals surface area contributed by atoms with Crippen molar-refractivity contribution >= 4 is 11.6 Å². The molecule has 1 aliphatic carbocycles. The van der Waals surface area contributed by atoms with Crippen molar-refractivity contribution in [2.24, 2.45) is 0 Å². The third-order valence-electron chi connectivity index (χ3n) is 3.50. The first-order chi connectivity index (χ1) is 6.16. The van der Waals surface area contributed by atoms with Crippen LogP contribution in [0, 0.1) is 20.8 Å². The van der Waals surface area contributed by atoms with Crippen LogP contribution in [-0.4, -0.2) is 0 Å². The van der Waals surface area contributed by atoms with E-state index >= 15 is 0 Å². The maximum absolute atomic E-state index is 5.96. The number of benzene rings is 1. The summed E-state index contributed by atoms with van der Waals surface area (Å²) in [5.41, 5.74) is 8.84. The zero-order valence-electron chi connectivity index (χ0n) is 8.50. The van der Waals surface area contributed by atoms with Crippen molar-refractivity contribution in [3.05, 3.63) is 33.4 Å². The molecular formula is C12H15Cl. The van der Waals surface area contributed by atoms with Gasteiger partial charge in [0, 0.05) is 5.88 Å². The minimum absolute atomic E-state index is 0.659. The standard InChI is InChI=1S/C12H15Cl/c1-7-8(2)12(6-13)9(3)11-5-4-10(7)11/h4-6H2,1-3H3. The molecule has 0 aliphatic heterocycles. The lowest BCUT2D eigenvalue weighted by Crippen LogP contribution is -2.16. The lowest BCUT2D eigenvalue weighted by atomic mass is 9.78. The molecule has 1 aromatic carbocycles. The summed E-state index contributed by atoms with van der Waals surface area (Å²) in [5.74, 6) is 0.659. The molecule has 0 N–H and O–H groups in total. The molecule has 0 saturated heterocycles. The van der Waals surface area contributed by atoms with Gasteiger partial charge in [-0.3, -0.25) is 0 Å². The van der Waals surface area contributed by atoms with Gasteiger partial charge in [-0.05, 0) is 67.0 Å². The van der Waals surface area contributed by atoms with E-state index in [9.17, 15) is 0 Å². The van der Waals surface area contributed by atoms with Crippen molar-refractivity contribution in [3.63, 3.8) is 0 Å². The number of halogens is 1. The van der Waals surface area contributed by atoms with Gasteiger partial charge in [0.15, 0.2) is 0 Å². The second-order valence-electron chi connectivity index (χ2n) is 3.94. The topological polar surface area (TPSA) is 0 Å². The Hall–Kier alpha value is -0.490. The highest BCUT2D eigenvalue weighted by molar-refractivity contribution is 6.17. The number of fused-ring (bicyclic) bond motifs is 1. The summed E-state index contributed by atoms with van der Waals surface area (Å²) < 4.78 is 0. The van der Waals surface area contributed by atoms with Crippen LogP contribution in [0.1, 0.15) is 33.4 Å². The van der Waals surface area contributed by atoms with Gasteiger partial charge in [0.2, 0.25) is 0 Å². The van der Waals surface area contributed by atoms with Gasteiger partial charge >= 0.3 is 0 Å². The lowest BCUT2D eigenvalue weighted by Gasteiger charge is -2.28. The van der Waals surface area contributed by atoms with Crippen LogP contribution < -0.4 is 0 Å². The molecule has 1 aromatic rings. The molecule has 13 heavy (non-hydrogen) atoms. The van der Waals surface area contributed by atoms with Crippen LogP contribution in [-0.2, 0) is 18.7 Å². The van der Waals surface area contributed by atoms with Crippen LogP contribution in [0.15, 0.2) is 0 Å². The van der Waals surface area contributed by atoms with Crippen molar-refractivity contribution in [1.29, 1.82) is 0 Å². The maximum atomic E-state index is 5.96. The average Bonchev–Trinajstić information content (AvgIpc) is 2.01. The summed E-state index contributed by atoms with van der Waals surface area (Å²) in [7, 11) is 0. The normalized spacial score (nSPS) is 13.8. The molecule has 0 heterocycles. The molecule has 1 heteroatoms. The van der Waals surface area contributed by atoms with Gasteiger partial charge in [-0.1, -0.05) is 0 Å². The molecular weight excluding hydrogens is 180 g/mol. The monoisotopic (exact) mass is 194 g/mol. The van der Waals surface area contributed by atoms with Crippen molar-refractivity contribution in [1.82, 2.24) is 0 Å². The van der Waals surface area contributed by atoms with E-state index in [0.29, 0.717) is 5.88 Å². The molecule has 0 amide bonds. The summed E-state index contributed by atoms with van der Waals surface area (Å²) in [4.78, 5) is 0. The molecule has 0 unspecified atom stereocenters. The Morgan fingerprint density at radius 2 is 1.46 bits per heavy atom. The minimum atomic E-state index is 0.659. The molecule has 0 saturated carbocycles. The summed E-state index contributed by atoms with van der Waals surface area (Å²) in [6.45, 7) is 6.63. The van der Waals surface area contributed by atoms with Gasteiger partial charge in [-0.25, -0.2) is 0 Å². The molecule has 0 aromatic heterocycles. The van der Waals surface area contributed by atoms with Crippen LogP contribution in [0.25, 0.3) is 0 Å². The van der Waals surface area contributed by atoms with E-state index < -0.39 is 0 Å². The number of rotatable bonds is 1. The van der Waals surface area contributed by atoms with Crippen LogP contribution in [0.4, 0.5) is 0 Å². The van der Waals surface area contributed by atoms with Crippen molar-refractivity contribution in [2.75, 3.05) is 0 Å². The van der Waals surface area contributed by atoms with E-state index in [2.05, 4.69) is 20.8 Å². The van der Waals surface area contributed by atoms with Gasteiger partial charge in [0.05, 0.1) is 0 Å². The second kappa shape index (κ2) is 3.02. The maximum Gasteiger partial charge on any atom is 0.0479 e. The Labute approximate surface area is 84.9 Å². The highest BCUT2D eigenvalue weighted by Crippen LogP contribution is 2.35. The molecule has 0 nitrogen and oxygen atoms in total. The summed E-state index contributed by atoms with van der Waals surface area (Å²) in [5, 5.41) is 0. The van der Waals surface area contributed by atoms with E-state index in [-0.39, 0.29) is 0 Å². The van der Waals surface area contributed by atoms with Crippen molar-refractivity contribution in [2.45, 2.75) is 39.5 Å². The first-order valence-electron chi connectivity index (χ1n) is 4.83. The average molecular weight is 195 g/mol. The SMILES string of the molecule is Cc1c(C)c2c(c(C)c1CCl)CC2. The van der Waals surface area contributed by atoms with Gasteiger partial charge in [0.1, 0.15) is 0 Å². The lowest BCUT2D eigenvalue weighted by molar-refractivity contribution is 0.806. The van der Waals surface area contributed by atoms with E-state index in [1.54, 1.807) is 11.1 Å². The fraction of sp³-hybridized carbons (Fsp3) is 0.500. The molecule has 2 rings (SSSR count). The molecule has 70 valence electrons. The molecule has 0 spiro atoms. The third-order valence-corrected chi connectivity index (χ3v) is 3.76. The van der Waals surface area contributed by atoms with E-state index in [0.717, 1.165) is 0 Å². The predicted molar refractivity (Wildman–Crippen MR) is 57.6 cm³/mol. The molecule has 0 bridgehead atoms. The van der Waals surface area contributed by atoms with Gasteiger partial charge in [-0.2, -0.15) is 0 Å². The Bertz CT molecular complexity index is 341. The van der Waals surface area contributed by atoms with Crippen LogP contribution in [0.5, 0.6) is 0 Å². The quantitative estimate of drug-likeness (QED) is 0.601. The number of hydrogen-bond acceptors (Lipinski definition) is 0. The van der Waals surface area contributed by atoms with E-state index in [4.69, 9.17) is 11.6 Å². The zero-order chi connectivity index (χ0) is 9.59. The summed E-state index contributed by atoms with van der Waals surface area (Å²) in [6, 6.07) is 0. The van der Waals surface area contributed by atoms with E-state index in [1.807, 2.05) is 0 Å². The Morgan fingerprint density at radius 3 is 1.92 bits per heavy atom. The predicted octanol–water partition coefficient (Wildman–Crippen LogP) is 3.45. The second-order valence-corrected chi connectivity index (χ2v) is 4.21. The highest BCUT2D eigenvalue weighted by Gasteiger charge is 2.22. The van der Waals surface area contributed by atoms with Crippen molar-refractivity contribution < 1.29 is 0 Å². The molecule has 0 fully saturated rings. The summed E-state index contributed by atoms with van der Waals surface area (Å²) in [6.07, 6.45) is 2.53. The number of hydrogen-bond donors (Lipinski definition) is 0. The summed E-state index contributed by atoms with van der Waals surface area (Å²) >= 11 is 5.96. The Morgan fingerprint density at radius 1 is 0.923 bits per heavy atom. The van der Waals surface area contributed by atoms with Crippen LogP contribution >= 0.6 is 11.6 Å². The van der Waals surface area contributed by atoms with Crippen LogP contribution in [0.3, 0.4) is 0 Å². The largest absolute Gasteiger partial charge is 0.122 e. The fourth-order valence-corrected chi connectivity index (χ4v) is 2.72. The Balaban J connectivity index is 2.72. The smallest absolute Gasteiger partial charge is 0.0479 e. The van der Waals surface area contributed by atoms with Gasteiger partial charge in [-0.15, -0.1) is 11.6 Å². The molecule has 0 atom stereocenters. The molecule has 0 radical (unpaired) electrons. The van der Waals surface area contributed by atoms with Gasteiger partial charge in [0.25, 0.3) is 0 Å². The molecule has 1 aliphatic rings.